The summed E-state index contributed by atoms with van der Waals surface area (Å²) in [6, 6.07) is 0.484. The van der Waals surface area contributed by atoms with Crippen LogP contribution in [0.3, 0.4) is 0 Å². The van der Waals surface area contributed by atoms with Gasteiger partial charge in [0.2, 0.25) is 5.91 Å². The van der Waals surface area contributed by atoms with Crippen LogP contribution >= 0.6 is 0 Å². The third-order valence-corrected chi connectivity index (χ3v) is 3.16. The van der Waals surface area contributed by atoms with Crippen LogP contribution in [-0.2, 0) is 9.53 Å². The lowest BCUT2D eigenvalue weighted by atomic mass is 10.1. The first-order chi connectivity index (χ1) is 8.00. The van der Waals surface area contributed by atoms with Crippen LogP contribution in [-0.4, -0.2) is 55.7 Å². The first-order valence-electron chi connectivity index (χ1n) is 6.34. The van der Waals surface area contributed by atoms with Crippen molar-refractivity contribution in [3.63, 3.8) is 0 Å². The lowest BCUT2D eigenvalue weighted by Gasteiger charge is -2.33. The zero-order valence-electron chi connectivity index (χ0n) is 11.1. The first kappa shape index (κ1) is 14.4. The molecular weight excluding hydrogens is 218 g/mol. The van der Waals surface area contributed by atoms with E-state index in [9.17, 15) is 4.79 Å². The fourth-order valence-corrected chi connectivity index (χ4v) is 2.19. The number of nitrogens with zero attached hydrogens (tertiary/aromatic N) is 1. The van der Waals surface area contributed by atoms with E-state index < -0.39 is 0 Å². The van der Waals surface area contributed by atoms with Gasteiger partial charge in [-0.1, -0.05) is 13.8 Å². The average Bonchev–Trinajstić information content (AvgIpc) is 2.28. The van der Waals surface area contributed by atoms with Crippen molar-refractivity contribution in [3.05, 3.63) is 0 Å². The van der Waals surface area contributed by atoms with Crippen LogP contribution in [0.15, 0.2) is 0 Å². The Morgan fingerprint density at radius 2 is 2.06 bits per heavy atom. The van der Waals surface area contributed by atoms with Crippen molar-refractivity contribution in [1.82, 2.24) is 10.2 Å². The highest BCUT2D eigenvalue weighted by atomic mass is 16.5. The van der Waals surface area contributed by atoms with E-state index in [1.165, 1.54) is 0 Å². The van der Waals surface area contributed by atoms with Crippen LogP contribution in [0.25, 0.3) is 0 Å². The molecule has 17 heavy (non-hydrogen) atoms. The van der Waals surface area contributed by atoms with Gasteiger partial charge in [-0.05, 0) is 19.9 Å². The maximum absolute atomic E-state index is 11.4. The Morgan fingerprint density at radius 1 is 1.47 bits per heavy atom. The fraction of sp³-hybridized carbons (Fsp3) is 0.917. The van der Waals surface area contributed by atoms with Crippen LogP contribution < -0.4 is 11.1 Å². The van der Waals surface area contributed by atoms with Gasteiger partial charge in [-0.3, -0.25) is 4.79 Å². The molecule has 1 amide bonds. The topological polar surface area (TPSA) is 67.6 Å². The molecule has 1 rings (SSSR count). The Kier molecular flexibility index (Phi) is 5.88. The summed E-state index contributed by atoms with van der Waals surface area (Å²) >= 11 is 0. The second-order valence-corrected chi connectivity index (χ2v) is 5.06. The molecule has 0 bridgehead atoms. The van der Waals surface area contributed by atoms with E-state index >= 15 is 0 Å². The van der Waals surface area contributed by atoms with Gasteiger partial charge < -0.3 is 20.7 Å². The molecule has 100 valence electrons. The quantitative estimate of drug-likeness (QED) is 0.686. The molecule has 1 aliphatic heterocycles. The average molecular weight is 243 g/mol. The minimum absolute atomic E-state index is 0.260. The summed E-state index contributed by atoms with van der Waals surface area (Å²) < 4.78 is 5.33. The van der Waals surface area contributed by atoms with Gasteiger partial charge in [0.1, 0.15) is 0 Å². The summed E-state index contributed by atoms with van der Waals surface area (Å²) in [6.07, 6.45) is 2.06. The highest BCUT2D eigenvalue weighted by Crippen LogP contribution is 2.12. The summed E-state index contributed by atoms with van der Waals surface area (Å²) in [7, 11) is 2.05. The zero-order chi connectivity index (χ0) is 12.8. The van der Waals surface area contributed by atoms with E-state index in [1.54, 1.807) is 0 Å². The van der Waals surface area contributed by atoms with Crippen molar-refractivity contribution in [2.24, 2.45) is 5.73 Å². The molecule has 1 unspecified atom stereocenters. The Hall–Kier alpha value is -0.650. The molecule has 0 aromatic heterocycles. The van der Waals surface area contributed by atoms with Gasteiger partial charge in [0.25, 0.3) is 0 Å². The van der Waals surface area contributed by atoms with Crippen molar-refractivity contribution in [2.75, 3.05) is 26.8 Å². The maximum Gasteiger partial charge on any atom is 0.235 e. The first-order valence-corrected chi connectivity index (χ1v) is 6.34. The molecule has 1 aliphatic rings. The zero-order valence-corrected chi connectivity index (χ0v) is 11.1. The molecule has 0 aromatic rings. The van der Waals surface area contributed by atoms with Crippen LogP contribution in [0.5, 0.6) is 0 Å². The van der Waals surface area contributed by atoms with E-state index in [2.05, 4.69) is 10.2 Å². The largest absolute Gasteiger partial charge is 0.381 e. The third-order valence-electron chi connectivity index (χ3n) is 3.16. The Bertz CT molecular complexity index is 240. The minimum Gasteiger partial charge on any atom is -0.381 e. The molecule has 0 aliphatic carbocycles. The summed E-state index contributed by atoms with van der Waals surface area (Å²) in [5, 5.41) is 3.20. The number of rotatable bonds is 6. The summed E-state index contributed by atoms with van der Waals surface area (Å²) in [6.45, 7) is 6.33. The smallest absolute Gasteiger partial charge is 0.235 e. The van der Waals surface area contributed by atoms with Gasteiger partial charge in [0, 0.05) is 31.8 Å². The maximum atomic E-state index is 11.4. The fourth-order valence-electron chi connectivity index (χ4n) is 2.19. The van der Waals surface area contributed by atoms with Gasteiger partial charge in [-0.2, -0.15) is 0 Å². The number of amides is 1. The molecule has 0 aromatic carbocycles. The van der Waals surface area contributed by atoms with Crippen molar-refractivity contribution < 1.29 is 9.53 Å². The molecule has 0 spiro atoms. The normalized spacial score (nSPS) is 19.8. The molecule has 1 heterocycles. The van der Waals surface area contributed by atoms with Crippen LogP contribution in [0.4, 0.5) is 0 Å². The van der Waals surface area contributed by atoms with Crippen molar-refractivity contribution in [3.8, 4) is 0 Å². The summed E-state index contributed by atoms with van der Waals surface area (Å²) in [5.74, 6) is -0.280. The van der Waals surface area contributed by atoms with Crippen LogP contribution in [0.1, 0.15) is 26.7 Å². The minimum atomic E-state index is -0.280. The predicted octanol–water partition coefficient (Wildman–Crippen LogP) is -0.0509. The summed E-state index contributed by atoms with van der Waals surface area (Å²) in [5.41, 5.74) is 5.41. The Labute approximate surface area is 104 Å². The molecule has 5 heteroatoms. The third kappa shape index (κ3) is 5.02. The molecule has 1 fully saturated rings. The number of likely N-dealkylation sites (N-methyl/N-ethyl adjacent to an activating group) is 1. The lowest BCUT2D eigenvalue weighted by Crippen LogP contribution is -2.52. The Morgan fingerprint density at radius 3 is 2.53 bits per heavy atom. The van der Waals surface area contributed by atoms with E-state index in [-0.39, 0.29) is 18.0 Å². The van der Waals surface area contributed by atoms with Gasteiger partial charge in [-0.25, -0.2) is 0 Å². The monoisotopic (exact) mass is 243 g/mol. The molecule has 3 N–H and O–H groups in total. The number of carbonyl (C=O) groups excluding carboxylic acids is 1. The highest BCUT2D eigenvalue weighted by molar-refractivity contribution is 5.80. The number of carbonyl (C=O) groups is 1. The number of nitrogens with one attached hydrogen (secondary N) is 1. The van der Waals surface area contributed by atoms with Crippen molar-refractivity contribution in [1.29, 1.82) is 0 Å². The lowest BCUT2D eigenvalue weighted by molar-refractivity contribution is -0.120. The van der Waals surface area contributed by atoms with E-state index in [0.29, 0.717) is 12.6 Å². The SMILES string of the molecule is CC(C)NC(CN(C)C1CCOCC1)C(N)=O. The van der Waals surface area contributed by atoms with Crippen LogP contribution in [0, 0.1) is 0 Å². The number of hydrogen-bond acceptors (Lipinski definition) is 4. The number of primary amides is 1. The van der Waals surface area contributed by atoms with Gasteiger partial charge >= 0.3 is 0 Å². The van der Waals surface area contributed by atoms with Crippen molar-refractivity contribution >= 4 is 5.91 Å². The number of nitrogens with two attached hydrogens (primary N) is 1. The van der Waals surface area contributed by atoms with Gasteiger partial charge in [0.05, 0.1) is 6.04 Å². The molecule has 1 saturated heterocycles. The Balaban J connectivity index is 2.44. The molecule has 1 atom stereocenters. The molecule has 5 nitrogen and oxygen atoms in total. The molecule has 0 saturated carbocycles. The summed E-state index contributed by atoms with van der Waals surface area (Å²) in [4.78, 5) is 13.6. The van der Waals surface area contributed by atoms with E-state index in [0.717, 1.165) is 26.1 Å². The molecule has 0 radical (unpaired) electrons. The van der Waals surface area contributed by atoms with Crippen molar-refractivity contribution in [2.45, 2.75) is 44.8 Å². The van der Waals surface area contributed by atoms with E-state index in [4.69, 9.17) is 10.5 Å². The number of hydrogen-bond donors (Lipinski definition) is 2. The van der Waals surface area contributed by atoms with Crippen LogP contribution in [0.2, 0.25) is 0 Å². The van der Waals surface area contributed by atoms with Gasteiger partial charge in [0.15, 0.2) is 0 Å². The predicted molar refractivity (Wildman–Crippen MR) is 67.7 cm³/mol. The second-order valence-electron chi connectivity index (χ2n) is 5.06. The standard InChI is InChI=1S/C12H25N3O2/c1-9(2)14-11(12(13)16)8-15(3)10-4-6-17-7-5-10/h9-11,14H,4-8H2,1-3H3,(H2,13,16). The van der Waals surface area contributed by atoms with E-state index in [1.807, 2.05) is 20.9 Å². The second kappa shape index (κ2) is 6.93. The highest BCUT2D eigenvalue weighted by Gasteiger charge is 2.24. The number of ether oxygens (including phenoxy) is 1. The van der Waals surface area contributed by atoms with Gasteiger partial charge in [-0.15, -0.1) is 0 Å². The molecular formula is C12H25N3O2.